The molecular formula is C26H21NOS2. The van der Waals surface area contributed by atoms with Gasteiger partial charge in [-0.15, -0.1) is 22.7 Å². The van der Waals surface area contributed by atoms with Crippen molar-refractivity contribution in [3.8, 4) is 11.3 Å². The quantitative estimate of drug-likeness (QED) is 0.262. The van der Waals surface area contributed by atoms with E-state index in [-0.39, 0.29) is 5.41 Å². The van der Waals surface area contributed by atoms with E-state index in [1.807, 2.05) is 35.1 Å². The fourth-order valence-electron chi connectivity index (χ4n) is 4.44. The highest BCUT2D eigenvalue weighted by atomic mass is 32.1. The standard InChI is InChI=1S/C26H21NOS2/c1-14-13-28-19-6-5-17-22-20(30-25(17)21(14)19)7-9-27-23(22)16-11-15-8-10-29-24(15)18(12-16)26(2,3)4/h5-13H,1-4H3. The van der Waals surface area contributed by atoms with Gasteiger partial charge in [0.2, 0.25) is 0 Å². The van der Waals surface area contributed by atoms with Gasteiger partial charge in [-0.3, -0.25) is 4.98 Å². The molecule has 0 aliphatic carbocycles. The first-order valence-corrected chi connectivity index (χ1v) is 11.8. The Labute approximate surface area is 182 Å². The number of hydrogen-bond donors (Lipinski definition) is 0. The lowest BCUT2D eigenvalue weighted by molar-refractivity contribution is 0.597. The van der Waals surface area contributed by atoms with Crippen LogP contribution in [-0.2, 0) is 5.41 Å². The number of aryl methyl sites for hydroxylation is 1. The lowest BCUT2D eigenvalue weighted by atomic mass is 9.85. The molecule has 0 saturated carbocycles. The van der Waals surface area contributed by atoms with Crippen LogP contribution in [-0.4, -0.2) is 4.98 Å². The minimum absolute atomic E-state index is 0.0732. The summed E-state index contributed by atoms with van der Waals surface area (Å²) < 4.78 is 9.69. The molecule has 0 N–H and O–H groups in total. The van der Waals surface area contributed by atoms with Crippen molar-refractivity contribution in [2.24, 2.45) is 0 Å². The summed E-state index contributed by atoms with van der Waals surface area (Å²) >= 11 is 3.66. The van der Waals surface area contributed by atoms with Crippen LogP contribution in [0.25, 0.3) is 52.5 Å². The van der Waals surface area contributed by atoms with Gasteiger partial charge >= 0.3 is 0 Å². The predicted octanol–water partition coefficient (Wildman–Crippen LogP) is 8.68. The molecule has 4 heterocycles. The first-order chi connectivity index (χ1) is 14.4. The zero-order chi connectivity index (χ0) is 20.6. The Balaban J connectivity index is 1.73. The molecule has 30 heavy (non-hydrogen) atoms. The lowest BCUT2D eigenvalue weighted by Crippen LogP contribution is -2.11. The molecular weight excluding hydrogens is 406 g/mol. The minimum Gasteiger partial charge on any atom is -0.464 e. The van der Waals surface area contributed by atoms with Gasteiger partial charge in [0, 0.05) is 42.0 Å². The van der Waals surface area contributed by atoms with Gasteiger partial charge < -0.3 is 4.42 Å². The fourth-order valence-corrected chi connectivity index (χ4v) is 6.85. The summed E-state index contributed by atoms with van der Waals surface area (Å²) in [5, 5.41) is 7.22. The van der Waals surface area contributed by atoms with Crippen molar-refractivity contribution in [2.75, 3.05) is 0 Å². The van der Waals surface area contributed by atoms with Gasteiger partial charge in [0.1, 0.15) is 5.58 Å². The third-order valence-electron chi connectivity index (χ3n) is 5.90. The molecule has 0 spiro atoms. The molecule has 148 valence electrons. The number of fused-ring (bicyclic) bond motifs is 6. The Hall–Kier alpha value is -2.69. The van der Waals surface area contributed by atoms with Gasteiger partial charge in [-0.1, -0.05) is 20.8 Å². The van der Waals surface area contributed by atoms with E-state index < -0.39 is 0 Å². The van der Waals surface area contributed by atoms with Crippen molar-refractivity contribution in [3.05, 3.63) is 65.4 Å². The second-order valence-electron chi connectivity index (χ2n) is 8.98. The molecule has 0 amide bonds. The molecule has 6 aromatic rings. The van der Waals surface area contributed by atoms with Crippen molar-refractivity contribution in [1.82, 2.24) is 4.98 Å². The summed E-state index contributed by atoms with van der Waals surface area (Å²) in [5.41, 5.74) is 5.86. The predicted molar refractivity (Wildman–Crippen MR) is 131 cm³/mol. The van der Waals surface area contributed by atoms with E-state index in [0.717, 1.165) is 11.3 Å². The molecule has 0 aliphatic rings. The van der Waals surface area contributed by atoms with Crippen molar-refractivity contribution < 1.29 is 4.42 Å². The van der Waals surface area contributed by atoms with E-state index in [4.69, 9.17) is 9.40 Å². The second kappa shape index (κ2) is 6.16. The number of nitrogens with zero attached hydrogens (tertiary/aromatic N) is 1. The fraction of sp³-hybridized carbons (Fsp3) is 0.192. The summed E-state index contributed by atoms with van der Waals surface area (Å²) in [4.78, 5) is 4.89. The average Bonchev–Trinajstić information content (AvgIpc) is 3.42. The van der Waals surface area contributed by atoms with Crippen LogP contribution in [0.1, 0.15) is 31.9 Å². The van der Waals surface area contributed by atoms with E-state index in [2.05, 4.69) is 69.5 Å². The first kappa shape index (κ1) is 18.1. The van der Waals surface area contributed by atoms with Crippen LogP contribution in [0, 0.1) is 6.92 Å². The van der Waals surface area contributed by atoms with Crippen LogP contribution in [0.2, 0.25) is 0 Å². The largest absolute Gasteiger partial charge is 0.464 e. The van der Waals surface area contributed by atoms with Crippen LogP contribution in [0.4, 0.5) is 0 Å². The highest BCUT2D eigenvalue weighted by molar-refractivity contribution is 7.26. The SMILES string of the molecule is Cc1coc2ccc3c(sc4ccnc(-c5cc(C(C)(C)C)c6sccc6c5)c43)c12. The highest BCUT2D eigenvalue weighted by Crippen LogP contribution is 2.44. The summed E-state index contributed by atoms with van der Waals surface area (Å²) in [7, 11) is 0. The van der Waals surface area contributed by atoms with Crippen molar-refractivity contribution in [2.45, 2.75) is 33.1 Å². The third kappa shape index (κ3) is 2.50. The molecule has 0 aliphatic heterocycles. The molecule has 0 bridgehead atoms. The summed E-state index contributed by atoms with van der Waals surface area (Å²) in [5.74, 6) is 0. The Morgan fingerprint density at radius 1 is 0.967 bits per heavy atom. The molecule has 2 aromatic carbocycles. The first-order valence-electron chi connectivity index (χ1n) is 10.1. The molecule has 6 rings (SSSR count). The molecule has 0 fully saturated rings. The van der Waals surface area contributed by atoms with Crippen molar-refractivity contribution in [3.63, 3.8) is 0 Å². The Morgan fingerprint density at radius 2 is 1.83 bits per heavy atom. The number of rotatable bonds is 1. The van der Waals surface area contributed by atoms with Gasteiger partial charge in [0.25, 0.3) is 0 Å². The molecule has 4 aromatic heterocycles. The lowest BCUT2D eigenvalue weighted by Gasteiger charge is -2.21. The summed E-state index contributed by atoms with van der Waals surface area (Å²) in [6.07, 6.45) is 3.80. The maximum absolute atomic E-state index is 5.75. The zero-order valence-corrected chi connectivity index (χ0v) is 19.0. The van der Waals surface area contributed by atoms with E-state index in [1.165, 1.54) is 52.3 Å². The molecule has 0 unspecified atom stereocenters. The molecule has 0 radical (unpaired) electrons. The van der Waals surface area contributed by atoms with Gasteiger partial charge in [-0.2, -0.15) is 0 Å². The molecule has 4 heteroatoms. The highest BCUT2D eigenvalue weighted by Gasteiger charge is 2.21. The minimum atomic E-state index is 0.0732. The van der Waals surface area contributed by atoms with Crippen LogP contribution >= 0.6 is 22.7 Å². The summed E-state index contributed by atoms with van der Waals surface area (Å²) in [6.45, 7) is 8.99. The van der Waals surface area contributed by atoms with E-state index >= 15 is 0 Å². The molecule has 0 atom stereocenters. The maximum Gasteiger partial charge on any atom is 0.135 e. The summed E-state index contributed by atoms with van der Waals surface area (Å²) in [6, 6.07) is 13.3. The number of benzene rings is 2. The van der Waals surface area contributed by atoms with Crippen molar-refractivity contribution in [1.29, 1.82) is 0 Å². The smallest absolute Gasteiger partial charge is 0.135 e. The number of hydrogen-bond acceptors (Lipinski definition) is 4. The van der Waals surface area contributed by atoms with E-state index in [1.54, 1.807) is 0 Å². The van der Waals surface area contributed by atoms with E-state index in [9.17, 15) is 0 Å². The second-order valence-corrected chi connectivity index (χ2v) is 10.9. The molecule has 0 saturated heterocycles. The third-order valence-corrected chi connectivity index (χ3v) is 8.05. The van der Waals surface area contributed by atoms with Gasteiger partial charge in [-0.25, -0.2) is 0 Å². The van der Waals surface area contributed by atoms with Crippen LogP contribution in [0.5, 0.6) is 0 Å². The Morgan fingerprint density at radius 3 is 2.67 bits per heavy atom. The normalized spacial score (nSPS) is 12.7. The number of pyridine rings is 1. The Kier molecular flexibility index (Phi) is 3.72. The van der Waals surface area contributed by atoms with Crippen LogP contribution in [0.3, 0.4) is 0 Å². The average molecular weight is 428 g/mol. The number of furan rings is 1. The Bertz CT molecular complexity index is 1590. The van der Waals surface area contributed by atoms with Crippen molar-refractivity contribution >= 4 is 63.9 Å². The van der Waals surface area contributed by atoms with Gasteiger partial charge in [0.05, 0.1) is 12.0 Å². The van der Waals surface area contributed by atoms with E-state index in [0.29, 0.717) is 0 Å². The van der Waals surface area contributed by atoms with Crippen LogP contribution < -0.4 is 0 Å². The van der Waals surface area contributed by atoms with Gasteiger partial charge in [0.15, 0.2) is 0 Å². The zero-order valence-electron chi connectivity index (χ0n) is 17.4. The number of thiophene rings is 2. The van der Waals surface area contributed by atoms with Crippen LogP contribution in [0.15, 0.2) is 58.7 Å². The monoisotopic (exact) mass is 427 g/mol. The topological polar surface area (TPSA) is 26.0 Å². The maximum atomic E-state index is 5.75. The number of aromatic nitrogens is 1. The van der Waals surface area contributed by atoms with Gasteiger partial charge in [-0.05, 0) is 70.6 Å². The molecule has 2 nitrogen and oxygen atoms in total.